The Morgan fingerprint density at radius 3 is 2.00 bits per heavy atom. The van der Waals surface area contributed by atoms with Crippen LogP contribution in [-0.2, 0) is 0 Å². The number of rotatable bonds is 3. The van der Waals surface area contributed by atoms with Crippen LogP contribution < -0.4 is 9.55 Å². The zero-order chi connectivity index (χ0) is 18.0. The Bertz CT molecular complexity index is 648. The standard InChI is InChI=1S/C10H16N6O.F5P.FH/c1-13(2)10(14(3)4)15-8-6-5-7-11-9(8)16(17)12-15;1-6(2,3,4)5;/h5-7,10H,1-4H3;;1H/p-1. The van der Waals surface area contributed by atoms with Gasteiger partial charge in [-0.15, -0.1) is 14.5 Å². The summed E-state index contributed by atoms with van der Waals surface area (Å²) in [4.78, 5) is 8.53. The summed E-state index contributed by atoms with van der Waals surface area (Å²) in [6, 6.07) is 3.63. The SMILES string of the molecule is CN(C)C(N(C)C)n1n[n+]([O-])c2ncccc21.FP(F)(F)(F)F.[F-]. The number of aromatic nitrogens is 4. The van der Waals surface area contributed by atoms with Crippen molar-refractivity contribution in [2.45, 2.75) is 6.29 Å². The molecule has 0 spiro atoms. The van der Waals surface area contributed by atoms with Crippen molar-refractivity contribution >= 4 is 19.3 Å². The fourth-order valence-electron chi connectivity index (χ4n) is 1.96. The fourth-order valence-corrected chi connectivity index (χ4v) is 1.96. The van der Waals surface area contributed by atoms with Crippen molar-refractivity contribution in [2.75, 3.05) is 28.2 Å². The summed E-state index contributed by atoms with van der Waals surface area (Å²) in [7, 11) is -0.813. The van der Waals surface area contributed by atoms with Gasteiger partial charge in [0, 0.05) is 5.21 Å². The Labute approximate surface area is 133 Å². The van der Waals surface area contributed by atoms with Gasteiger partial charge < -0.3 is 9.91 Å². The van der Waals surface area contributed by atoms with Gasteiger partial charge in [-0.05, 0) is 40.3 Å². The molecule has 14 heteroatoms. The quantitative estimate of drug-likeness (QED) is 0.238. The number of fused-ring (bicyclic) bond motifs is 1. The van der Waals surface area contributed by atoms with Gasteiger partial charge in [-0.2, -0.15) is 0 Å². The summed E-state index contributed by atoms with van der Waals surface area (Å²) in [5.74, 6) is 0. The Morgan fingerprint density at radius 1 is 1.12 bits per heavy atom. The second-order valence-corrected chi connectivity index (χ2v) is 6.24. The third kappa shape index (κ3) is 6.81. The fraction of sp³-hybridized carbons (Fsp3) is 0.500. The summed E-state index contributed by atoms with van der Waals surface area (Å²) in [5, 5.41) is 15.6. The summed E-state index contributed by atoms with van der Waals surface area (Å²) < 4.78 is 50.9. The zero-order valence-electron chi connectivity index (χ0n) is 13.1. The Hall–Kier alpha value is -1.72. The molecule has 0 aliphatic rings. The predicted molar refractivity (Wildman–Crippen MR) is 75.4 cm³/mol. The van der Waals surface area contributed by atoms with E-state index in [4.69, 9.17) is 0 Å². The first-order valence-electron chi connectivity index (χ1n) is 6.13. The first-order valence-corrected chi connectivity index (χ1v) is 7.82. The normalized spacial score (nSPS) is 13.4. The molecule has 2 aromatic rings. The van der Waals surface area contributed by atoms with Crippen molar-refractivity contribution in [3.05, 3.63) is 23.5 Å². The number of nitrogens with zero attached hydrogens (tertiary/aromatic N) is 6. The van der Waals surface area contributed by atoms with E-state index in [0.717, 1.165) is 5.52 Å². The summed E-state index contributed by atoms with van der Waals surface area (Å²) in [6.45, 7) is 0. The largest absolute Gasteiger partial charge is 1.00 e. The van der Waals surface area contributed by atoms with Crippen LogP contribution in [0.5, 0.6) is 0 Å². The van der Waals surface area contributed by atoms with Gasteiger partial charge in [-0.1, -0.05) is 0 Å². The maximum Gasteiger partial charge on any atom is -1.00 e. The van der Waals surface area contributed by atoms with Crippen molar-refractivity contribution in [3.63, 3.8) is 0 Å². The van der Waals surface area contributed by atoms with Gasteiger partial charge >= 0.3 is 34.8 Å². The van der Waals surface area contributed by atoms with Gasteiger partial charge in [0.05, 0.1) is 0 Å². The van der Waals surface area contributed by atoms with Crippen LogP contribution in [-0.4, -0.2) is 52.9 Å². The molecule has 0 fully saturated rings. The van der Waals surface area contributed by atoms with Crippen LogP contribution in [0.3, 0.4) is 0 Å². The molecule has 2 aromatic heterocycles. The minimum atomic E-state index is -8.55. The van der Waals surface area contributed by atoms with E-state index in [1.807, 2.05) is 44.1 Å². The van der Waals surface area contributed by atoms with Crippen molar-refractivity contribution in [1.82, 2.24) is 24.7 Å². The first kappa shape index (κ1) is 22.3. The molecule has 0 aliphatic carbocycles. The van der Waals surface area contributed by atoms with Crippen molar-refractivity contribution < 1.29 is 30.5 Å². The molecule has 0 aliphatic heterocycles. The average Bonchev–Trinajstić information content (AvgIpc) is 2.64. The maximum absolute atomic E-state index is 11.6. The van der Waals surface area contributed by atoms with Crippen LogP contribution in [0.15, 0.2) is 18.3 Å². The Morgan fingerprint density at radius 2 is 1.58 bits per heavy atom. The van der Waals surface area contributed by atoms with E-state index in [2.05, 4.69) is 10.2 Å². The number of hydrogen-bond acceptors (Lipinski definition) is 5. The van der Waals surface area contributed by atoms with Crippen molar-refractivity contribution in [3.8, 4) is 0 Å². The number of halogens is 6. The van der Waals surface area contributed by atoms with Crippen LogP contribution in [0.4, 0.5) is 21.0 Å². The van der Waals surface area contributed by atoms with E-state index in [9.17, 15) is 26.2 Å². The second kappa shape index (κ2) is 7.45. The predicted octanol–water partition coefficient (Wildman–Crippen LogP) is -0.390. The molecule has 0 aromatic carbocycles. The molecule has 2 heterocycles. The van der Waals surface area contributed by atoms with Gasteiger partial charge in [0.2, 0.25) is 11.8 Å². The summed E-state index contributed by atoms with van der Waals surface area (Å²) >= 11 is 0. The van der Waals surface area contributed by atoms with Crippen LogP contribution in [0.1, 0.15) is 6.29 Å². The van der Waals surface area contributed by atoms with Gasteiger partial charge in [0.25, 0.3) is 0 Å². The van der Waals surface area contributed by atoms with E-state index in [-0.39, 0.29) is 11.0 Å². The number of pyridine rings is 1. The topological polar surface area (TPSA) is 64.1 Å². The molecular weight excluding hydrogens is 365 g/mol. The molecule has 0 atom stereocenters. The van der Waals surface area contributed by atoms with E-state index < -0.39 is 8.16 Å². The van der Waals surface area contributed by atoms with Crippen LogP contribution >= 0.6 is 8.16 Å². The molecule has 7 nitrogen and oxygen atoms in total. The van der Waals surface area contributed by atoms with Crippen molar-refractivity contribution in [1.29, 1.82) is 0 Å². The summed E-state index contributed by atoms with van der Waals surface area (Å²) in [5.41, 5.74) is 1.05. The smallest absolute Gasteiger partial charge is 1.00 e. The third-order valence-electron chi connectivity index (χ3n) is 2.51. The zero-order valence-corrected chi connectivity index (χ0v) is 14.0. The second-order valence-electron chi connectivity index (χ2n) is 4.97. The molecule has 24 heavy (non-hydrogen) atoms. The molecule has 2 rings (SSSR count). The molecule has 0 amide bonds. The molecule has 140 valence electrons. The molecule has 0 saturated heterocycles. The minimum absolute atomic E-state index is 0. The molecule has 0 unspecified atom stereocenters. The van der Waals surface area contributed by atoms with Gasteiger partial charge in [-0.3, -0.25) is 9.80 Å². The van der Waals surface area contributed by atoms with Crippen LogP contribution in [0.2, 0.25) is 0 Å². The molecular formula is C10H16F6N6OP-. The maximum atomic E-state index is 11.6. The van der Waals surface area contributed by atoms with Gasteiger partial charge in [0.15, 0.2) is 0 Å². The third-order valence-corrected chi connectivity index (χ3v) is 2.51. The Kier molecular flexibility index (Phi) is 6.91. The number of hydrogen-bond donors (Lipinski definition) is 0. The monoisotopic (exact) mass is 381 g/mol. The summed E-state index contributed by atoms with van der Waals surface area (Å²) in [6.07, 6.45) is 1.46. The van der Waals surface area contributed by atoms with E-state index in [1.165, 1.54) is 0 Å². The molecule has 0 N–H and O–H groups in total. The van der Waals surface area contributed by atoms with Crippen LogP contribution in [0, 0.1) is 5.21 Å². The minimum Gasteiger partial charge on any atom is -1.00 e. The van der Waals surface area contributed by atoms with Gasteiger partial charge in [0.1, 0.15) is 6.20 Å². The first-order chi connectivity index (χ1) is 10.3. The molecule has 0 bridgehead atoms. The van der Waals surface area contributed by atoms with E-state index in [0.29, 0.717) is 10.5 Å². The Balaban J connectivity index is 0.000000655. The van der Waals surface area contributed by atoms with Crippen molar-refractivity contribution in [2.24, 2.45) is 0 Å². The van der Waals surface area contributed by atoms with Crippen LogP contribution in [0.25, 0.3) is 11.2 Å². The molecule has 0 radical (unpaired) electrons. The van der Waals surface area contributed by atoms with E-state index in [1.54, 1.807) is 16.9 Å². The average molecular weight is 381 g/mol. The van der Waals surface area contributed by atoms with Gasteiger partial charge in [-0.25, -0.2) is 0 Å². The van der Waals surface area contributed by atoms with E-state index >= 15 is 0 Å². The molecule has 0 saturated carbocycles.